The van der Waals surface area contributed by atoms with Crippen molar-refractivity contribution in [3.8, 4) is 0 Å². The molecule has 6 aliphatic carbocycles. The van der Waals surface area contributed by atoms with Crippen molar-refractivity contribution in [2.75, 3.05) is 0 Å². The molecule has 7 rings (SSSR count). The second-order valence-corrected chi connectivity index (χ2v) is 21.3. The third kappa shape index (κ3) is 5.77. The lowest BCUT2D eigenvalue weighted by Crippen LogP contribution is -2.66. The summed E-state index contributed by atoms with van der Waals surface area (Å²) >= 11 is 6.22. The van der Waals surface area contributed by atoms with Gasteiger partial charge in [0.25, 0.3) is 0 Å². The molecule has 296 valence electrons. The van der Waals surface area contributed by atoms with Crippen molar-refractivity contribution in [2.24, 2.45) is 68.0 Å². The molecule has 0 unspecified atom stereocenters. The number of hydrogen-bond donors (Lipinski definition) is 2. The number of carbonyl (C=O) groups excluding carboxylic acids is 3. The van der Waals surface area contributed by atoms with Crippen LogP contribution in [0.1, 0.15) is 139 Å². The van der Waals surface area contributed by atoms with E-state index in [0.717, 1.165) is 62.5 Å². The number of esters is 1. The highest BCUT2D eigenvalue weighted by molar-refractivity contribution is 6.30. The zero-order valence-electron chi connectivity index (χ0n) is 34.2. The standard InChI is InChI=1S/C46H64ClNO6/c1-26(2)37-32(49)23-46(24-36(50)48-25-27-11-10-12-28(47)21-27)20-19-44(8)29(38(37)46)13-14-34-43(7)17-16-35(42(5,6)33(43)15-18-45(34,44)9)54-40(53)31-22-30(39(51)52)41(31,3)4/h10-12,21,26,29-31,33-35H,13-20,22-25H2,1-9H3,(H,48,50)(H,51,52)/t29-,30+,31-,33+,34-,35+,43+,44-,45-,46+/m1/s1. The van der Waals surface area contributed by atoms with E-state index < -0.39 is 22.7 Å². The van der Waals surface area contributed by atoms with Crippen LogP contribution in [0.15, 0.2) is 35.4 Å². The Morgan fingerprint density at radius 2 is 1.61 bits per heavy atom. The summed E-state index contributed by atoms with van der Waals surface area (Å²) in [5.41, 5.74) is 2.17. The van der Waals surface area contributed by atoms with Crippen molar-refractivity contribution in [3.05, 3.63) is 46.0 Å². The van der Waals surface area contributed by atoms with Gasteiger partial charge in [0.05, 0.1) is 11.8 Å². The van der Waals surface area contributed by atoms with E-state index in [1.165, 1.54) is 5.57 Å². The van der Waals surface area contributed by atoms with Crippen molar-refractivity contribution >= 4 is 35.2 Å². The zero-order valence-corrected chi connectivity index (χ0v) is 35.0. The molecule has 1 aromatic carbocycles. The summed E-state index contributed by atoms with van der Waals surface area (Å²) in [5, 5.41) is 13.5. The first-order chi connectivity index (χ1) is 25.1. The number of rotatable bonds is 8. The average Bonchev–Trinajstić information content (AvgIpc) is 3.36. The summed E-state index contributed by atoms with van der Waals surface area (Å²) < 4.78 is 6.41. The minimum Gasteiger partial charge on any atom is -0.481 e. The fourth-order valence-corrected chi connectivity index (χ4v) is 14.5. The molecule has 1 aromatic rings. The highest BCUT2D eigenvalue weighted by Crippen LogP contribution is 2.77. The Morgan fingerprint density at radius 1 is 0.889 bits per heavy atom. The topological polar surface area (TPSA) is 110 Å². The van der Waals surface area contributed by atoms with Crippen LogP contribution in [-0.4, -0.2) is 34.8 Å². The van der Waals surface area contributed by atoms with Gasteiger partial charge in [-0.2, -0.15) is 0 Å². The number of amides is 1. The van der Waals surface area contributed by atoms with Gasteiger partial charge in [0.15, 0.2) is 5.78 Å². The van der Waals surface area contributed by atoms with Crippen LogP contribution < -0.4 is 5.32 Å². The zero-order chi connectivity index (χ0) is 39.4. The van der Waals surface area contributed by atoms with E-state index in [-0.39, 0.29) is 63.2 Å². The quantitative estimate of drug-likeness (QED) is 0.255. The number of hydrogen-bond acceptors (Lipinski definition) is 5. The van der Waals surface area contributed by atoms with Gasteiger partial charge in [-0.25, -0.2) is 0 Å². The first-order valence-corrected chi connectivity index (χ1v) is 21.2. The van der Waals surface area contributed by atoms with Gasteiger partial charge >= 0.3 is 11.9 Å². The van der Waals surface area contributed by atoms with Crippen LogP contribution in [0.4, 0.5) is 0 Å². The molecule has 5 fully saturated rings. The number of carbonyl (C=O) groups is 4. The second kappa shape index (κ2) is 13.2. The lowest BCUT2D eigenvalue weighted by Gasteiger charge is -2.72. The molecular weight excluding hydrogens is 698 g/mol. The number of fused-ring (bicyclic) bond motifs is 7. The number of ketones is 1. The molecule has 1 amide bonds. The predicted molar refractivity (Wildman–Crippen MR) is 210 cm³/mol. The normalized spacial score (nSPS) is 40.5. The van der Waals surface area contributed by atoms with Gasteiger partial charge in [0.2, 0.25) is 5.91 Å². The van der Waals surface area contributed by atoms with E-state index in [1.807, 2.05) is 38.1 Å². The third-order valence-electron chi connectivity index (χ3n) is 17.5. The van der Waals surface area contributed by atoms with Gasteiger partial charge in [0.1, 0.15) is 6.10 Å². The number of allylic oxidation sites excluding steroid dienone is 2. The summed E-state index contributed by atoms with van der Waals surface area (Å²) in [7, 11) is 0. The summed E-state index contributed by atoms with van der Waals surface area (Å²) in [6.07, 6.45) is 8.91. The Labute approximate surface area is 328 Å². The van der Waals surface area contributed by atoms with E-state index in [9.17, 15) is 24.3 Å². The first kappa shape index (κ1) is 39.6. The van der Waals surface area contributed by atoms with Crippen molar-refractivity contribution < 1.29 is 29.0 Å². The number of ether oxygens (including phenoxy) is 1. The Kier molecular flexibility index (Phi) is 9.67. The maximum absolute atomic E-state index is 14.0. The number of halogens is 1. The molecule has 0 bridgehead atoms. The van der Waals surface area contributed by atoms with Gasteiger partial charge < -0.3 is 15.2 Å². The van der Waals surface area contributed by atoms with Crippen LogP contribution in [0.3, 0.4) is 0 Å². The number of Topliss-reactive ketones (excluding diaryl/α,β-unsaturated/α-hetero) is 1. The largest absolute Gasteiger partial charge is 0.481 e. The summed E-state index contributed by atoms with van der Waals surface area (Å²) in [4.78, 5) is 53.2. The van der Waals surface area contributed by atoms with E-state index >= 15 is 0 Å². The fourth-order valence-electron chi connectivity index (χ4n) is 14.3. The molecule has 6 aliphatic rings. The predicted octanol–water partition coefficient (Wildman–Crippen LogP) is 9.99. The highest BCUT2D eigenvalue weighted by atomic mass is 35.5. The van der Waals surface area contributed by atoms with E-state index in [2.05, 4.69) is 53.8 Å². The van der Waals surface area contributed by atoms with Crippen molar-refractivity contribution in [3.63, 3.8) is 0 Å². The summed E-state index contributed by atoms with van der Waals surface area (Å²) in [6, 6.07) is 7.59. The van der Waals surface area contributed by atoms with Crippen LogP contribution in [-0.2, 0) is 30.5 Å². The lowest BCUT2D eigenvalue weighted by atomic mass is 9.33. The number of carboxylic acid groups (broad SMARTS) is 1. The van der Waals surface area contributed by atoms with Crippen molar-refractivity contribution in [1.82, 2.24) is 5.32 Å². The Hall–Kier alpha value is -2.67. The van der Waals surface area contributed by atoms with Gasteiger partial charge in [0, 0.05) is 35.2 Å². The van der Waals surface area contributed by atoms with Gasteiger partial charge in [-0.1, -0.05) is 91.6 Å². The van der Waals surface area contributed by atoms with Crippen molar-refractivity contribution in [2.45, 2.75) is 146 Å². The van der Waals surface area contributed by atoms with Gasteiger partial charge in [-0.05, 0) is 126 Å². The summed E-state index contributed by atoms with van der Waals surface area (Å²) in [6.45, 7) is 20.8. The molecule has 7 nitrogen and oxygen atoms in total. The minimum atomic E-state index is -0.832. The number of aliphatic carboxylic acids is 1. The molecule has 0 aliphatic heterocycles. The number of nitrogens with one attached hydrogen (secondary N) is 1. The summed E-state index contributed by atoms with van der Waals surface area (Å²) in [5.74, 6) is -0.436. The van der Waals surface area contributed by atoms with E-state index in [1.54, 1.807) is 0 Å². The van der Waals surface area contributed by atoms with Gasteiger partial charge in [-0.15, -0.1) is 0 Å². The molecule has 54 heavy (non-hydrogen) atoms. The lowest BCUT2D eigenvalue weighted by molar-refractivity contribution is -0.236. The Morgan fingerprint density at radius 3 is 2.26 bits per heavy atom. The first-order valence-electron chi connectivity index (χ1n) is 20.8. The molecular formula is C46H64ClNO6. The van der Waals surface area contributed by atoms with Crippen LogP contribution in [0.25, 0.3) is 0 Å². The maximum atomic E-state index is 14.0. The third-order valence-corrected chi connectivity index (χ3v) is 17.7. The molecule has 2 N–H and O–H groups in total. The van der Waals surface area contributed by atoms with E-state index in [4.69, 9.17) is 16.3 Å². The highest BCUT2D eigenvalue weighted by Gasteiger charge is 2.70. The molecule has 8 heteroatoms. The fraction of sp³-hybridized carbons (Fsp3) is 0.739. The molecule has 10 atom stereocenters. The Balaban J connectivity index is 1.13. The smallest absolute Gasteiger partial charge is 0.309 e. The van der Waals surface area contributed by atoms with Gasteiger partial charge in [-0.3, -0.25) is 19.2 Å². The maximum Gasteiger partial charge on any atom is 0.309 e. The van der Waals surface area contributed by atoms with Crippen LogP contribution in [0, 0.1) is 68.0 Å². The molecule has 0 heterocycles. The SMILES string of the molecule is CC(C)C1=C2[C@H]3CC[C@@H]4[C@@]5(C)CC[C@H](OC(=O)[C@H]6C[C@@H](C(=O)O)C6(C)C)C(C)(C)[C@@H]5CC[C@@]4(C)[C@]3(C)CC[C@@]2(CC(=O)NCc2cccc(Cl)c2)CC1=O. The monoisotopic (exact) mass is 761 g/mol. The number of benzene rings is 1. The second-order valence-electron chi connectivity index (χ2n) is 20.8. The molecule has 0 aromatic heterocycles. The number of carboxylic acids is 1. The Bertz CT molecular complexity index is 1780. The molecule has 5 saturated carbocycles. The van der Waals surface area contributed by atoms with Crippen LogP contribution in [0.2, 0.25) is 5.02 Å². The van der Waals surface area contributed by atoms with Crippen LogP contribution >= 0.6 is 11.6 Å². The molecule has 0 saturated heterocycles. The average molecular weight is 762 g/mol. The molecule has 0 spiro atoms. The molecule has 0 radical (unpaired) electrons. The van der Waals surface area contributed by atoms with Crippen LogP contribution in [0.5, 0.6) is 0 Å². The van der Waals surface area contributed by atoms with Crippen molar-refractivity contribution in [1.29, 1.82) is 0 Å². The van der Waals surface area contributed by atoms with E-state index in [0.29, 0.717) is 42.7 Å². The minimum absolute atomic E-state index is 0.00377.